The van der Waals surface area contributed by atoms with Crippen LogP contribution in [0.3, 0.4) is 0 Å². The van der Waals surface area contributed by atoms with E-state index in [2.05, 4.69) is 69.0 Å². The number of nitrogens with one attached hydrogen (secondary N) is 2. The molecule has 2 heterocycles. The Kier molecular flexibility index (Phi) is 7.19. The second-order valence-corrected chi connectivity index (χ2v) is 8.02. The van der Waals surface area contributed by atoms with Crippen molar-refractivity contribution in [1.82, 2.24) is 20.4 Å². The molecule has 7 heteroatoms. The normalized spacial score (nSPS) is 17.8. The summed E-state index contributed by atoms with van der Waals surface area (Å²) in [5, 5.41) is 5.47. The molecule has 0 aromatic heterocycles. The fraction of sp³-hybridized carbons (Fsp3) is 0.360. The Hall–Kier alpha value is -3.16. The number of hydrogen-bond acceptors (Lipinski definition) is 5. The lowest BCUT2D eigenvalue weighted by atomic mass is 9.96. The van der Waals surface area contributed by atoms with Crippen molar-refractivity contribution in [1.29, 1.82) is 0 Å². The van der Waals surface area contributed by atoms with E-state index in [0.29, 0.717) is 24.4 Å². The summed E-state index contributed by atoms with van der Waals surface area (Å²) < 4.78 is 5.17. The van der Waals surface area contributed by atoms with Gasteiger partial charge in [0.05, 0.1) is 24.8 Å². The quantitative estimate of drug-likeness (QED) is 0.655. The molecule has 2 amide bonds. The van der Waals surface area contributed by atoms with Gasteiger partial charge >= 0.3 is 12.0 Å². The number of amides is 2. The van der Waals surface area contributed by atoms with Crippen LogP contribution in [-0.4, -0.2) is 67.7 Å². The molecular formula is C25H30N4O3. The molecule has 0 bridgehead atoms. The van der Waals surface area contributed by atoms with Gasteiger partial charge < -0.3 is 15.4 Å². The van der Waals surface area contributed by atoms with E-state index in [-0.39, 0.29) is 24.6 Å². The van der Waals surface area contributed by atoms with E-state index < -0.39 is 0 Å². The zero-order valence-corrected chi connectivity index (χ0v) is 18.4. The van der Waals surface area contributed by atoms with Crippen molar-refractivity contribution in [2.45, 2.75) is 13.0 Å². The SMILES string of the molecule is CCOC(=O)C1=C(CN2CCN(C(c3ccccc3)c3ccccc3)CC2)NC(=O)NC1. The Balaban J connectivity index is 1.46. The summed E-state index contributed by atoms with van der Waals surface area (Å²) in [6.45, 7) is 6.29. The Labute approximate surface area is 189 Å². The van der Waals surface area contributed by atoms with Gasteiger partial charge in [-0.05, 0) is 18.1 Å². The highest BCUT2D eigenvalue weighted by Crippen LogP contribution is 2.29. The average Bonchev–Trinajstić information content (AvgIpc) is 2.82. The van der Waals surface area contributed by atoms with Crippen LogP contribution in [0, 0.1) is 0 Å². The predicted octanol–water partition coefficient (Wildman–Crippen LogP) is 2.52. The van der Waals surface area contributed by atoms with Crippen LogP contribution in [0.2, 0.25) is 0 Å². The number of piperazine rings is 1. The summed E-state index contributed by atoms with van der Waals surface area (Å²) >= 11 is 0. The van der Waals surface area contributed by atoms with Crippen LogP contribution in [-0.2, 0) is 9.53 Å². The van der Waals surface area contributed by atoms with Gasteiger partial charge in [0.25, 0.3) is 0 Å². The number of hydrogen-bond donors (Lipinski definition) is 2. The maximum absolute atomic E-state index is 12.3. The number of benzene rings is 2. The van der Waals surface area contributed by atoms with Gasteiger partial charge in [-0.2, -0.15) is 0 Å². The first kappa shape index (κ1) is 22.0. The zero-order valence-electron chi connectivity index (χ0n) is 18.4. The third-order valence-corrected chi connectivity index (χ3v) is 5.96. The summed E-state index contributed by atoms with van der Waals surface area (Å²) in [6.07, 6.45) is 0. The highest BCUT2D eigenvalue weighted by atomic mass is 16.5. The minimum absolute atomic E-state index is 0.198. The third kappa shape index (κ3) is 5.18. The maximum Gasteiger partial charge on any atom is 0.337 e. The molecule has 0 radical (unpaired) electrons. The van der Waals surface area contributed by atoms with E-state index in [4.69, 9.17) is 4.74 Å². The fourth-order valence-corrected chi connectivity index (χ4v) is 4.37. The second kappa shape index (κ2) is 10.4. The molecule has 32 heavy (non-hydrogen) atoms. The number of esters is 1. The first-order valence-corrected chi connectivity index (χ1v) is 11.2. The topological polar surface area (TPSA) is 73.9 Å². The zero-order chi connectivity index (χ0) is 22.3. The lowest BCUT2D eigenvalue weighted by Gasteiger charge is -2.40. The Morgan fingerprint density at radius 1 is 0.969 bits per heavy atom. The number of urea groups is 1. The summed E-state index contributed by atoms with van der Waals surface area (Å²) in [7, 11) is 0. The van der Waals surface area contributed by atoms with Gasteiger partial charge in [0.15, 0.2) is 0 Å². The number of carbonyl (C=O) groups is 2. The predicted molar refractivity (Wildman–Crippen MR) is 123 cm³/mol. The van der Waals surface area contributed by atoms with Crippen molar-refractivity contribution in [3.63, 3.8) is 0 Å². The molecule has 2 N–H and O–H groups in total. The van der Waals surface area contributed by atoms with E-state index in [0.717, 1.165) is 26.2 Å². The number of rotatable bonds is 7. The summed E-state index contributed by atoms with van der Waals surface area (Å²) in [6, 6.07) is 21.1. The molecule has 4 rings (SSSR count). The van der Waals surface area contributed by atoms with Crippen LogP contribution >= 0.6 is 0 Å². The summed E-state index contributed by atoms with van der Waals surface area (Å²) in [4.78, 5) is 29.0. The molecule has 0 aliphatic carbocycles. The number of nitrogens with zero attached hydrogens (tertiary/aromatic N) is 2. The van der Waals surface area contributed by atoms with Gasteiger partial charge in [0.1, 0.15) is 0 Å². The summed E-state index contributed by atoms with van der Waals surface area (Å²) in [5.74, 6) is -0.373. The van der Waals surface area contributed by atoms with E-state index >= 15 is 0 Å². The largest absolute Gasteiger partial charge is 0.463 e. The molecule has 0 spiro atoms. The second-order valence-electron chi connectivity index (χ2n) is 8.02. The molecule has 2 aliphatic rings. The Morgan fingerprint density at radius 3 is 2.12 bits per heavy atom. The number of carbonyl (C=O) groups excluding carboxylic acids is 2. The first-order valence-electron chi connectivity index (χ1n) is 11.2. The smallest absolute Gasteiger partial charge is 0.337 e. The van der Waals surface area contributed by atoms with Crippen LogP contribution in [0.4, 0.5) is 4.79 Å². The monoisotopic (exact) mass is 434 g/mol. The van der Waals surface area contributed by atoms with Crippen molar-refractivity contribution in [2.75, 3.05) is 45.9 Å². The van der Waals surface area contributed by atoms with Crippen LogP contribution in [0.15, 0.2) is 71.9 Å². The van der Waals surface area contributed by atoms with Gasteiger partial charge in [0.2, 0.25) is 0 Å². The molecule has 1 fully saturated rings. The molecule has 0 unspecified atom stereocenters. The van der Waals surface area contributed by atoms with Gasteiger partial charge in [-0.15, -0.1) is 0 Å². The molecule has 0 saturated carbocycles. The van der Waals surface area contributed by atoms with Crippen molar-refractivity contribution in [2.24, 2.45) is 0 Å². The lowest BCUT2D eigenvalue weighted by molar-refractivity contribution is -0.138. The Morgan fingerprint density at radius 2 is 1.56 bits per heavy atom. The fourth-order valence-electron chi connectivity index (χ4n) is 4.37. The van der Waals surface area contributed by atoms with E-state index in [1.54, 1.807) is 6.92 Å². The molecule has 7 nitrogen and oxygen atoms in total. The minimum atomic E-state index is -0.373. The lowest BCUT2D eigenvalue weighted by Crippen LogP contribution is -2.51. The molecule has 0 atom stereocenters. The van der Waals surface area contributed by atoms with Crippen LogP contribution in [0.5, 0.6) is 0 Å². The third-order valence-electron chi connectivity index (χ3n) is 5.96. The molecule has 2 aromatic carbocycles. The average molecular weight is 435 g/mol. The van der Waals surface area contributed by atoms with Gasteiger partial charge in [-0.25, -0.2) is 9.59 Å². The molecule has 2 aliphatic heterocycles. The van der Waals surface area contributed by atoms with Crippen molar-refractivity contribution in [3.05, 3.63) is 83.1 Å². The standard InChI is InChI=1S/C25H30N4O3/c1-2-32-24(30)21-17-26-25(31)27-22(21)18-28-13-15-29(16-14-28)23(19-9-5-3-6-10-19)20-11-7-4-8-12-20/h3-12,23H,2,13-18H2,1H3,(H2,26,27,31). The highest BCUT2D eigenvalue weighted by molar-refractivity contribution is 5.93. The maximum atomic E-state index is 12.3. The van der Waals surface area contributed by atoms with Crippen LogP contribution in [0.25, 0.3) is 0 Å². The van der Waals surface area contributed by atoms with Crippen LogP contribution < -0.4 is 10.6 Å². The van der Waals surface area contributed by atoms with Crippen molar-refractivity contribution >= 4 is 12.0 Å². The van der Waals surface area contributed by atoms with E-state index in [1.165, 1.54) is 11.1 Å². The van der Waals surface area contributed by atoms with Gasteiger partial charge in [-0.3, -0.25) is 9.80 Å². The van der Waals surface area contributed by atoms with Crippen molar-refractivity contribution < 1.29 is 14.3 Å². The van der Waals surface area contributed by atoms with Crippen molar-refractivity contribution in [3.8, 4) is 0 Å². The van der Waals surface area contributed by atoms with E-state index in [1.807, 2.05) is 12.1 Å². The highest BCUT2D eigenvalue weighted by Gasteiger charge is 2.29. The number of ether oxygens (including phenoxy) is 1. The minimum Gasteiger partial charge on any atom is -0.463 e. The molecule has 168 valence electrons. The van der Waals surface area contributed by atoms with Gasteiger partial charge in [0, 0.05) is 38.4 Å². The van der Waals surface area contributed by atoms with Crippen LogP contribution in [0.1, 0.15) is 24.1 Å². The Bertz CT molecular complexity index is 914. The molecular weight excluding hydrogens is 404 g/mol. The van der Waals surface area contributed by atoms with E-state index in [9.17, 15) is 9.59 Å². The first-order chi connectivity index (χ1) is 15.7. The molecule has 2 aromatic rings. The summed E-state index contributed by atoms with van der Waals surface area (Å²) in [5.41, 5.74) is 3.71. The van der Waals surface area contributed by atoms with Gasteiger partial charge in [-0.1, -0.05) is 60.7 Å². The molecule has 1 saturated heterocycles.